The van der Waals surface area contributed by atoms with Gasteiger partial charge in [-0.15, -0.1) is 11.3 Å². The Hall–Kier alpha value is -1.59. The number of aromatic nitrogens is 1. The van der Waals surface area contributed by atoms with E-state index in [0.717, 1.165) is 51.4 Å². The van der Waals surface area contributed by atoms with E-state index in [9.17, 15) is 4.79 Å². The number of carbonyl (C=O) groups excluding carboxylic acids is 1. The van der Waals surface area contributed by atoms with Gasteiger partial charge in [0.15, 0.2) is 0 Å². The van der Waals surface area contributed by atoms with Crippen LogP contribution in [0.5, 0.6) is 5.88 Å². The molecule has 6 heteroatoms. The van der Waals surface area contributed by atoms with Crippen LogP contribution in [0.1, 0.15) is 56.2 Å². The van der Waals surface area contributed by atoms with Gasteiger partial charge in [0.1, 0.15) is 6.10 Å². The highest BCUT2D eigenvalue weighted by Gasteiger charge is 2.44. The lowest BCUT2D eigenvalue weighted by Crippen LogP contribution is -2.48. The van der Waals surface area contributed by atoms with Crippen molar-refractivity contribution >= 4 is 28.8 Å². The Morgan fingerprint density at radius 3 is 2.59 bits per heavy atom. The van der Waals surface area contributed by atoms with E-state index in [1.807, 2.05) is 0 Å². The summed E-state index contributed by atoms with van der Waals surface area (Å²) in [5.41, 5.74) is -0.297. The molecule has 4 rings (SSSR count). The van der Waals surface area contributed by atoms with Gasteiger partial charge in [-0.3, -0.25) is 4.79 Å². The summed E-state index contributed by atoms with van der Waals surface area (Å²) in [5.74, 6) is 0.848. The monoisotopic (exact) mass is 404 g/mol. The van der Waals surface area contributed by atoms with Crippen molar-refractivity contribution in [1.82, 2.24) is 10.3 Å². The molecule has 2 heterocycles. The van der Waals surface area contributed by atoms with Crippen LogP contribution in [0.15, 0.2) is 35.8 Å². The van der Waals surface area contributed by atoms with Crippen molar-refractivity contribution in [2.45, 2.75) is 68.9 Å². The third-order valence-electron chi connectivity index (χ3n) is 5.88. The number of rotatable bonds is 5. The van der Waals surface area contributed by atoms with E-state index in [1.165, 1.54) is 4.88 Å². The van der Waals surface area contributed by atoms with Crippen molar-refractivity contribution in [3.8, 4) is 5.88 Å². The summed E-state index contributed by atoms with van der Waals surface area (Å²) in [5, 5.41) is 6.05. The lowest BCUT2D eigenvalue weighted by Gasteiger charge is -2.33. The minimum atomic E-state index is -0.297. The molecule has 1 amide bonds. The van der Waals surface area contributed by atoms with Crippen molar-refractivity contribution < 1.29 is 9.53 Å². The number of hydrogen-bond donors (Lipinski definition) is 1. The molecule has 1 N–H and O–H groups in total. The molecule has 0 aliphatic heterocycles. The Kier molecular flexibility index (Phi) is 5.69. The third-order valence-corrected chi connectivity index (χ3v) is 7.18. The standard InChI is InChI=1S/C21H25ClN2O2S/c22-15-5-10-19(23-14-15)26-17-8-6-16(7-9-17)24-20(25)21(11-1-2-12-21)18-4-3-13-27-18/h3-5,10,13-14,16-17H,1-2,6-9,11-12H2,(H,24,25). The van der Waals surface area contributed by atoms with Gasteiger partial charge in [-0.2, -0.15) is 0 Å². The fraction of sp³-hybridized carbons (Fsp3) is 0.524. The van der Waals surface area contributed by atoms with Crippen molar-refractivity contribution in [2.75, 3.05) is 0 Å². The first-order valence-electron chi connectivity index (χ1n) is 9.79. The van der Waals surface area contributed by atoms with E-state index in [1.54, 1.807) is 29.7 Å². The van der Waals surface area contributed by atoms with Crippen LogP contribution in [-0.4, -0.2) is 23.0 Å². The topological polar surface area (TPSA) is 51.2 Å². The molecule has 0 atom stereocenters. The highest BCUT2D eigenvalue weighted by molar-refractivity contribution is 7.10. The zero-order valence-electron chi connectivity index (χ0n) is 15.3. The van der Waals surface area contributed by atoms with Crippen LogP contribution in [0.3, 0.4) is 0 Å². The number of nitrogens with zero attached hydrogens (tertiary/aromatic N) is 1. The van der Waals surface area contributed by atoms with E-state index < -0.39 is 0 Å². The Morgan fingerprint density at radius 1 is 1.19 bits per heavy atom. The maximum atomic E-state index is 13.2. The van der Waals surface area contributed by atoms with Crippen LogP contribution in [0.25, 0.3) is 0 Å². The molecule has 0 unspecified atom stereocenters. The SMILES string of the molecule is O=C(NC1CCC(Oc2ccc(Cl)cn2)CC1)C1(c2cccs2)CCCC1. The van der Waals surface area contributed by atoms with Crippen LogP contribution < -0.4 is 10.1 Å². The molecule has 2 aliphatic carbocycles. The maximum absolute atomic E-state index is 13.2. The van der Waals surface area contributed by atoms with Gasteiger partial charge in [-0.05, 0) is 56.0 Å². The summed E-state index contributed by atoms with van der Waals surface area (Å²) in [4.78, 5) is 18.6. The van der Waals surface area contributed by atoms with E-state index in [2.05, 4.69) is 27.8 Å². The predicted molar refractivity (Wildman–Crippen MR) is 109 cm³/mol. The second kappa shape index (κ2) is 8.19. The fourth-order valence-corrected chi connectivity index (χ4v) is 5.46. The molecule has 2 aliphatic rings. The summed E-state index contributed by atoms with van der Waals surface area (Å²) in [6.07, 6.45) is 9.75. The predicted octanol–water partition coefficient (Wildman–Crippen LogP) is 5.11. The number of nitrogens with one attached hydrogen (secondary N) is 1. The number of thiophene rings is 1. The number of ether oxygens (including phenoxy) is 1. The van der Waals surface area contributed by atoms with E-state index in [-0.39, 0.29) is 23.5 Å². The first-order valence-corrected chi connectivity index (χ1v) is 11.0. The smallest absolute Gasteiger partial charge is 0.231 e. The van der Waals surface area contributed by atoms with Gasteiger partial charge in [-0.25, -0.2) is 4.98 Å². The maximum Gasteiger partial charge on any atom is 0.231 e. The lowest BCUT2D eigenvalue weighted by atomic mass is 9.82. The van der Waals surface area contributed by atoms with E-state index in [0.29, 0.717) is 10.9 Å². The van der Waals surface area contributed by atoms with Crippen molar-refractivity contribution in [3.05, 3.63) is 45.7 Å². The highest BCUT2D eigenvalue weighted by Crippen LogP contribution is 2.43. The fourth-order valence-electron chi connectivity index (χ4n) is 4.37. The Labute approximate surface area is 169 Å². The molecule has 0 radical (unpaired) electrons. The van der Waals surface area contributed by atoms with Crippen LogP contribution in [-0.2, 0) is 10.2 Å². The molecule has 144 valence electrons. The highest BCUT2D eigenvalue weighted by atomic mass is 35.5. The Bertz CT molecular complexity index is 749. The quantitative estimate of drug-likeness (QED) is 0.752. The van der Waals surface area contributed by atoms with Crippen LogP contribution in [0, 0.1) is 0 Å². The molecule has 0 saturated heterocycles. The third kappa shape index (κ3) is 4.14. The minimum absolute atomic E-state index is 0.157. The Balaban J connectivity index is 1.32. The van der Waals surface area contributed by atoms with Gasteiger partial charge in [0.2, 0.25) is 11.8 Å². The van der Waals surface area contributed by atoms with Crippen molar-refractivity contribution in [3.63, 3.8) is 0 Å². The molecule has 2 aromatic rings. The minimum Gasteiger partial charge on any atom is -0.474 e. The average Bonchev–Trinajstić information content (AvgIpc) is 3.37. The largest absolute Gasteiger partial charge is 0.474 e. The second-order valence-corrected chi connectivity index (χ2v) is 9.03. The van der Waals surface area contributed by atoms with Gasteiger partial charge in [0.25, 0.3) is 0 Å². The van der Waals surface area contributed by atoms with Gasteiger partial charge in [0, 0.05) is 23.2 Å². The van der Waals surface area contributed by atoms with Crippen LogP contribution in [0.4, 0.5) is 0 Å². The molecule has 27 heavy (non-hydrogen) atoms. The number of hydrogen-bond acceptors (Lipinski definition) is 4. The second-order valence-electron chi connectivity index (χ2n) is 7.65. The van der Waals surface area contributed by atoms with Gasteiger partial charge >= 0.3 is 0 Å². The molecule has 0 bridgehead atoms. The van der Waals surface area contributed by atoms with E-state index >= 15 is 0 Å². The number of pyridine rings is 1. The molecule has 2 aromatic heterocycles. The van der Waals surface area contributed by atoms with Gasteiger partial charge < -0.3 is 10.1 Å². The van der Waals surface area contributed by atoms with Crippen LogP contribution in [0.2, 0.25) is 5.02 Å². The normalized spacial score (nSPS) is 24.5. The summed E-state index contributed by atoms with van der Waals surface area (Å²) < 4.78 is 5.96. The zero-order valence-corrected chi connectivity index (χ0v) is 16.9. The van der Waals surface area contributed by atoms with E-state index in [4.69, 9.17) is 16.3 Å². The number of amides is 1. The summed E-state index contributed by atoms with van der Waals surface area (Å²) in [7, 11) is 0. The number of halogens is 1. The summed E-state index contributed by atoms with van der Waals surface area (Å²) >= 11 is 7.58. The van der Waals surface area contributed by atoms with Crippen molar-refractivity contribution in [2.24, 2.45) is 0 Å². The Morgan fingerprint density at radius 2 is 1.96 bits per heavy atom. The average molecular weight is 405 g/mol. The molecule has 0 spiro atoms. The molecular formula is C21H25ClN2O2S. The van der Waals surface area contributed by atoms with Crippen LogP contribution >= 0.6 is 22.9 Å². The lowest BCUT2D eigenvalue weighted by molar-refractivity contribution is -0.127. The van der Waals surface area contributed by atoms with Gasteiger partial charge in [0.05, 0.1) is 10.4 Å². The summed E-state index contributed by atoms with van der Waals surface area (Å²) in [6.45, 7) is 0. The first-order chi connectivity index (χ1) is 13.2. The van der Waals surface area contributed by atoms with Crippen molar-refractivity contribution in [1.29, 1.82) is 0 Å². The number of carbonyl (C=O) groups is 1. The molecule has 4 nitrogen and oxygen atoms in total. The zero-order chi connectivity index (χ0) is 18.7. The molecular weight excluding hydrogens is 380 g/mol. The summed E-state index contributed by atoms with van der Waals surface area (Å²) in [6, 6.07) is 8.02. The van der Waals surface area contributed by atoms with Gasteiger partial charge in [-0.1, -0.05) is 30.5 Å². The first kappa shape index (κ1) is 18.8. The molecule has 2 fully saturated rings. The molecule has 2 saturated carbocycles. The molecule has 0 aromatic carbocycles.